The summed E-state index contributed by atoms with van der Waals surface area (Å²) in [7, 11) is 0. The molecule has 5 heteroatoms. The molecule has 5 nitrogen and oxygen atoms in total. The van der Waals surface area contributed by atoms with Crippen molar-refractivity contribution in [3.63, 3.8) is 0 Å². The zero-order chi connectivity index (χ0) is 20.8. The number of nitrogens with zero attached hydrogens (tertiary/aromatic N) is 1. The van der Waals surface area contributed by atoms with Crippen molar-refractivity contribution in [2.75, 3.05) is 0 Å². The van der Waals surface area contributed by atoms with Gasteiger partial charge in [0.1, 0.15) is 6.10 Å². The SMILES string of the molecule is O=C(NC1CCC(Oc2ccccn2)CC1)c1ccccc1C(=O)c1ccccc1. The summed E-state index contributed by atoms with van der Waals surface area (Å²) in [6.45, 7) is 0. The maximum atomic E-state index is 12.9. The molecule has 2 aromatic carbocycles. The smallest absolute Gasteiger partial charge is 0.252 e. The predicted octanol–water partition coefficient (Wildman–Crippen LogP) is 4.43. The molecule has 152 valence electrons. The van der Waals surface area contributed by atoms with Gasteiger partial charge in [-0.25, -0.2) is 4.98 Å². The van der Waals surface area contributed by atoms with Crippen molar-refractivity contribution in [1.29, 1.82) is 0 Å². The molecule has 0 unspecified atom stereocenters. The van der Waals surface area contributed by atoms with Crippen molar-refractivity contribution in [3.05, 3.63) is 95.7 Å². The second-order valence-corrected chi connectivity index (χ2v) is 7.47. The number of amides is 1. The molecule has 1 saturated carbocycles. The van der Waals surface area contributed by atoms with E-state index in [2.05, 4.69) is 10.3 Å². The lowest BCUT2D eigenvalue weighted by atomic mass is 9.92. The summed E-state index contributed by atoms with van der Waals surface area (Å²) in [4.78, 5) is 30.0. The summed E-state index contributed by atoms with van der Waals surface area (Å²) < 4.78 is 5.92. The topological polar surface area (TPSA) is 68.3 Å². The van der Waals surface area contributed by atoms with Crippen molar-refractivity contribution in [1.82, 2.24) is 10.3 Å². The summed E-state index contributed by atoms with van der Waals surface area (Å²) in [6, 6.07) is 21.7. The first-order valence-electron chi connectivity index (χ1n) is 10.3. The van der Waals surface area contributed by atoms with E-state index >= 15 is 0 Å². The average molecular weight is 400 g/mol. The Hall–Kier alpha value is -3.47. The third-order valence-corrected chi connectivity index (χ3v) is 5.39. The highest BCUT2D eigenvalue weighted by atomic mass is 16.5. The number of benzene rings is 2. The zero-order valence-corrected chi connectivity index (χ0v) is 16.7. The first kappa shape index (κ1) is 19.8. The van der Waals surface area contributed by atoms with Crippen molar-refractivity contribution in [3.8, 4) is 5.88 Å². The van der Waals surface area contributed by atoms with Crippen LogP contribution in [0.25, 0.3) is 0 Å². The van der Waals surface area contributed by atoms with E-state index in [0.717, 1.165) is 25.7 Å². The third-order valence-electron chi connectivity index (χ3n) is 5.39. The highest BCUT2D eigenvalue weighted by molar-refractivity contribution is 6.15. The number of hydrogen-bond acceptors (Lipinski definition) is 4. The van der Waals surface area contributed by atoms with Crippen molar-refractivity contribution < 1.29 is 14.3 Å². The van der Waals surface area contributed by atoms with E-state index in [1.165, 1.54) is 0 Å². The van der Waals surface area contributed by atoms with Crippen LogP contribution in [-0.4, -0.2) is 28.8 Å². The molecule has 1 aliphatic carbocycles. The van der Waals surface area contributed by atoms with Crippen LogP contribution in [-0.2, 0) is 0 Å². The van der Waals surface area contributed by atoms with Gasteiger partial charge in [0.05, 0.1) is 5.56 Å². The molecule has 1 amide bonds. The van der Waals surface area contributed by atoms with Gasteiger partial charge in [0.2, 0.25) is 5.88 Å². The molecule has 0 aliphatic heterocycles. The van der Waals surface area contributed by atoms with Gasteiger partial charge in [0.15, 0.2) is 5.78 Å². The Morgan fingerprint density at radius 2 is 1.47 bits per heavy atom. The lowest BCUT2D eigenvalue weighted by Crippen LogP contribution is -2.40. The van der Waals surface area contributed by atoms with Gasteiger partial charge in [-0.05, 0) is 37.8 Å². The van der Waals surface area contributed by atoms with Gasteiger partial charge >= 0.3 is 0 Å². The van der Waals surface area contributed by atoms with Crippen LogP contribution in [0, 0.1) is 0 Å². The Morgan fingerprint density at radius 1 is 0.800 bits per heavy atom. The van der Waals surface area contributed by atoms with Crippen LogP contribution in [0.15, 0.2) is 79.0 Å². The third kappa shape index (κ3) is 4.74. The fourth-order valence-corrected chi connectivity index (χ4v) is 3.80. The van der Waals surface area contributed by atoms with Crippen LogP contribution in [0.5, 0.6) is 5.88 Å². The number of carbonyl (C=O) groups excluding carboxylic acids is 2. The van der Waals surface area contributed by atoms with E-state index in [-0.39, 0.29) is 23.8 Å². The van der Waals surface area contributed by atoms with Gasteiger partial charge in [0, 0.05) is 29.4 Å². The highest BCUT2D eigenvalue weighted by Gasteiger charge is 2.25. The zero-order valence-electron chi connectivity index (χ0n) is 16.7. The number of nitrogens with one attached hydrogen (secondary N) is 1. The Morgan fingerprint density at radius 3 is 2.17 bits per heavy atom. The standard InChI is InChI=1S/C25H24N2O3/c28-24(18-8-2-1-3-9-18)21-10-4-5-11-22(21)25(29)27-19-13-15-20(16-14-19)30-23-12-6-7-17-26-23/h1-12,17,19-20H,13-16H2,(H,27,29). The van der Waals surface area contributed by atoms with Gasteiger partial charge in [-0.15, -0.1) is 0 Å². The van der Waals surface area contributed by atoms with E-state index < -0.39 is 0 Å². The Bertz CT molecular complexity index is 997. The van der Waals surface area contributed by atoms with Crippen LogP contribution >= 0.6 is 0 Å². The molecule has 4 rings (SSSR count). The molecular weight excluding hydrogens is 376 g/mol. The Labute approximate surface area is 176 Å². The van der Waals surface area contributed by atoms with E-state index in [1.807, 2.05) is 36.4 Å². The van der Waals surface area contributed by atoms with Crippen molar-refractivity contribution in [2.45, 2.75) is 37.8 Å². The number of ether oxygens (including phenoxy) is 1. The number of hydrogen-bond donors (Lipinski definition) is 1. The van der Waals surface area contributed by atoms with E-state index in [0.29, 0.717) is 22.6 Å². The van der Waals surface area contributed by atoms with E-state index in [1.54, 1.807) is 42.6 Å². The minimum Gasteiger partial charge on any atom is -0.474 e. The van der Waals surface area contributed by atoms with E-state index in [9.17, 15) is 9.59 Å². The fourth-order valence-electron chi connectivity index (χ4n) is 3.80. The fraction of sp³-hybridized carbons (Fsp3) is 0.240. The molecule has 0 spiro atoms. The first-order valence-corrected chi connectivity index (χ1v) is 10.3. The van der Waals surface area contributed by atoms with Gasteiger partial charge < -0.3 is 10.1 Å². The lowest BCUT2D eigenvalue weighted by Gasteiger charge is -2.29. The number of carbonyl (C=O) groups is 2. The Kier molecular flexibility index (Phi) is 6.18. The van der Waals surface area contributed by atoms with Crippen LogP contribution in [0.3, 0.4) is 0 Å². The minimum absolute atomic E-state index is 0.0703. The first-order chi connectivity index (χ1) is 14.7. The van der Waals surface area contributed by atoms with E-state index in [4.69, 9.17) is 4.74 Å². The summed E-state index contributed by atoms with van der Waals surface area (Å²) in [5, 5.41) is 3.10. The lowest BCUT2D eigenvalue weighted by molar-refractivity contribution is 0.0883. The monoisotopic (exact) mass is 400 g/mol. The molecule has 30 heavy (non-hydrogen) atoms. The molecule has 0 bridgehead atoms. The molecule has 0 radical (unpaired) electrons. The molecule has 3 aromatic rings. The van der Waals surface area contributed by atoms with Crippen molar-refractivity contribution >= 4 is 11.7 Å². The normalized spacial score (nSPS) is 18.4. The Balaban J connectivity index is 1.38. The van der Waals surface area contributed by atoms with Crippen LogP contribution in [0.4, 0.5) is 0 Å². The van der Waals surface area contributed by atoms with Gasteiger partial charge in [-0.2, -0.15) is 0 Å². The molecule has 1 fully saturated rings. The van der Waals surface area contributed by atoms with Gasteiger partial charge in [0.25, 0.3) is 5.91 Å². The maximum Gasteiger partial charge on any atom is 0.252 e. The second kappa shape index (κ2) is 9.35. The largest absolute Gasteiger partial charge is 0.474 e. The summed E-state index contributed by atoms with van der Waals surface area (Å²) in [6.07, 6.45) is 5.20. The van der Waals surface area contributed by atoms with Crippen LogP contribution < -0.4 is 10.1 Å². The molecule has 1 N–H and O–H groups in total. The van der Waals surface area contributed by atoms with Crippen molar-refractivity contribution in [2.24, 2.45) is 0 Å². The van der Waals surface area contributed by atoms with Gasteiger partial charge in [-0.1, -0.05) is 54.6 Å². The molecule has 1 heterocycles. The molecular formula is C25H24N2O3. The summed E-state index contributed by atoms with van der Waals surface area (Å²) in [5.41, 5.74) is 1.41. The van der Waals surface area contributed by atoms with Crippen LogP contribution in [0.2, 0.25) is 0 Å². The molecule has 0 saturated heterocycles. The minimum atomic E-state index is -0.205. The summed E-state index contributed by atoms with van der Waals surface area (Å²) in [5.74, 6) is 0.288. The summed E-state index contributed by atoms with van der Waals surface area (Å²) >= 11 is 0. The quantitative estimate of drug-likeness (QED) is 0.622. The number of rotatable bonds is 6. The number of aromatic nitrogens is 1. The maximum absolute atomic E-state index is 12.9. The number of pyridine rings is 1. The molecule has 1 aliphatic rings. The molecule has 0 atom stereocenters. The second-order valence-electron chi connectivity index (χ2n) is 7.47. The predicted molar refractivity (Wildman–Crippen MR) is 115 cm³/mol. The highest BCUT2D eigenvalue weighted by Crippen LogP contribution is 2.23. The molecule has 1 aromatic heterocycles. The van der Waals surface area contributed by atoms with Crippen LogP contribution in [0.1, 0.15) is 52.0 Å². The number of ketones is 1. The average Bonchev–Trinajstić information content (AvgIpc) is 2.81. The van der Waals surface area contributed by atoms with Gasteiger partial charge in [-0.3, -0.25) is 9.59 Å².